The van der Waals surface area contributed by atoms with Crippen molar-refractivity contribution in [3.8, 4) is 11.5 Å². The number of alkyl halides is 6. The van der Waals surface area contributed by atoms with Crippen LogP contribution in [-0.2, 0) is 21.4 Å². The van der Waals surface area contributed by atoms with Crippen molar-refractivity contribution >= 4 is 5.91 Å². The molecule has 3 aromatic carbocycles. The molecule has 0 saturated carbocycles. The quantitative estimate of drug-likeness (QED) is 0.340. The molecule has 1 N–H and O–H groups in total. The van der Waals surface area contributed by atoms with Gasteiger partial charge in [0, 0.05) is 19.1 Å². The van der Waals surface area contributed by atoms with Gasteiger partial charge in [0.25, 0.3) is 0 Å². The number of nitrogens with one attached hydrogen (secondary N) is 1. The fourth-order valence-electron chi connectivity index (χ4n) is 4.00. The molecule has 37 heavy (non-hydrogen) atoms. The number of rotatable bonds is 10. The number of halogens is 6. The highest BCUT2D eigenvalue weighted by Gasteiger charge is 2.38. The van der Waals surface area contributed by atoms with Crippen molar-refractivity contribution in [1.29, 1.82) is 0 Å². The normalized spacial score (nSPS) is 12.2. The van der Waals surface area contributed by atoms with Gasteiger partial charge in [0.2, 0.25) is 5.91 Å². The lowest BCUT2D eigenvalue weighted by Gasteiger charge is -2.36. The van der Waals surface area contributed by atoms with Gasteiger partial charge in [-0.3, -0.25) is 4.79 Å². The van der Waals surface area contributed by atoms with E-state index in [-0.39, 0.29) is 30.7 Å². The molecule has 0 fully saturated rings. The number of ether oxygens (including phenoxy) is 3. The fourth-order valence-corrected chi connectivity index (χ4v) is 4.00. The zero-order chi connectivity index (χ0) is 27.1. The van der Waals surface area contributed by atoms with E-state index in [9.17, 15) is 31.1 Å². The summed E-state index contributed by atoms with van der Waals surface area (Å²) in [5.74, 6) is -1.56. The first-order valence-corrected chi connectivity index (χ1v) is 10.9. The maximum atomic E-state index is 13.0. The van der Waals surface area contributed by atoms with Crippen LogP contribution < -0.4 is 14.8 Å². The first-order valence-electron chi connectivity index (χ1n) is 10.9. The first-order chi connectivity index (χ1) is 17.4. The molecule has 0 aliphatic carbocycles. The van der Waals surface area contributed by atoms with E-state index in [0.29, 0.717) is 5.56 Å². The highest BCUT2D eigenvalue weighted by atomic mass is 19.4. The van der Waals surface area contributed by atoms with E-state index in [1.807, 2.05) is 0 Å². The van der Waals surface area contributed by atoms with Crippen LogP contribution in [0.3, 0.4) is 0 Å². The van der Waals surface area contributed by atoms with E-state index in [1.165, 1.54) is 31.4 Å². The van der Waals surface area contributed by atoms with Gasteiger partial charge in [0.15, 0.2) is 0 Å². The molecule has 1 amide bonds. The van der Waals surface area contributed by atoms with Gasteiger partial charge in [-0.15, -0.1) is 26.3 Å². The molecule has 0 heterocycles. The van der Waals surface area contributed by atoms with Crippen molar-refractivity contribution < 1.29 is 45.3 Å². The molecule has 0 atom stereocenters. The molecule has 0 aliphatic heterocycles. The molecule has 198 valence electrons. The minimum Gasteiger partial charge on any atom is -0.406 e. The molecule has 3 aromatic rings. The lowest BCUT2D eigenvalue weighted by molar-refractivity contribution is -0.275. The van der Waals surface area contributed by atoms with Crippen LogP contribution in [0, 0.1) is 0 Å². The Bertz CT molecular complexity index is 1120. The average Bonchev–Trinajstić information content (AvgIpc) is 2.81. The van der Waals surface area contributed by atoms with E-state index in [1.54, 1.807) is 30.3 Å². The standard InChI is InChI=1S/C26H23F6NO4/c1-35-16-23(34)33-17-24(15-18-7-3-2-4-8-18,19-9-5-11-21(13-19)36-25(27,28)29)20-10-6-12-22(14-20)37-26(30,31)32/h2-14H,15-17H2,1H3,(H,33,34). The Balaban J connectivity index is 2.21. The zero-order valence-corrected chi connectivity index (χ0v) is 19.5. The molecule has 0 bridgehead atoms. The van der Waals surface area contributed by atoms with E-state index >= 15 is 0 Å². The molecule has 0 aliphatic rings. The predicted molar refractivity (Wildman–Crippen MR) is 122 cm³/mol. The monoisotopic (exact) mass is 527 g/mol. The third-order valence-corrected chi connectivity index (χ3v) is 5.45. The maximum Gasteiger partial charge on any atom is 0.573 e. The van der Waals surface area contributed by atoms with Crippen molar-refractivity contribution in [3.63, 3.8) is 0 Å². The molecule has 0 radical (unpaired) electrons. The Labute approximate surface area is 209 Å². The van der Waals surface area contributed by atoms with Crippen LogP contribution in [-0.4, -0.2) is 38.9 Å². The minimum atomic E-state index is -4.96. The zero-order valence-electron chi connectivity index (χ0n) is 19.5. The van der Waals surface area contributed by atoms with E-state index < -0.39 is 35.5 Å². The van der Waals surface area contributed by atoms with E-state index in [0.717, 1.165) is 24.3 Å². The van der Waals surface area contributed by atoms with Crippen LogP contribution in [0.4, 0.5) is 26.3 Å². The summed E-state index contributed by atoms with van der Waals surface area (Å²) in [5.41, 5.74) is -0.0894. The highest BCUT2D eigenvalue weighted by molar-refractivity contribution is 5.77. The van der Waals surface area contributed by atoms with Gasteiger partial charge >= 0.3 is 12.7 Å². The summed E-state index contributed by atoms with van der Waals surface area (Å²) in [6, 6.07) is 19.0. The molecule has 0 saturated heterocycles. The van der Waals surface area contributed by atoms with Crippen LogP contribution in [0.15, 0.2) is 78.9 Å². The predicted octanol–water partition coefficient (Wildman–Crippen LogP) is 5.78. The summed E-state index contributed by atoms with van der Waals surface area (Å²) in [6.07, 6.45) is -9.83. The van der Waals surface area contributed by atoms with Crippen LogP contribution >= 0.6 is 0 Å². The molecule has 0 unspecified atom stereocenters. The first kappa shape index (κ1) is 27.9. The van der Waals surface area contributed by atoms with Crippen molar-refractivity contribution in [2.75, 3.05) is 20.3 Å². The van der Waals surface area contributed by atoms with Crippen molar-refractivity contribution in [3.05, 3.63) is 95.6 Å². The summed E-state index contributed by atoms with van der Waals surface area (Å²) in [6.45, 7) is -0.481. The SMILES string of the molecule is COCC(=O)NCC(Cc1ccccc1)(c1cccc(OC(F)(F)F)c1)c1cccc(OC(F)(F)F)c1. The molecule has 11 heteroatoms. The fraction of sp³-hybridized carbons (Fsp3) is 0.269. The van der Waals surface area contributed by atoms with Gasteiger partial charge in [-0.05, 0) is 47.4 Å². The molecule has 5 nitrogen and oxygen atoms in total. The number of hydrogen-bond acceptors (Lipinski definition) is 4. The summed E-state index contributed by atoms with van der Waals surface area (Å²) < 4.78 is 90.9. The number of carbonyl (C=O) groups is 1. The molecule has 0 aromatic heterocycles. The smallest absolute Gasteiger partial charge is 0.406 e. The number of methoxy groups -OCH3 is 1. The van der Waals surface area contributed by atoms with Gasteiger partial charge in [0.05, 0.1) is 0 Å². The van der Waals surface area contributed by atoms with Gasteiger partial charge < -0.3 is 19.5 Å². The second-order valence-electron chi connectivity index (χ2n) is 8.11. The van der Waals surface area contributed by atoms with Crippen LogP contribution in [0.25, 0.3) is 0 Å². The molecule has 0 spiro atoms. The average molecular weight is 527 g/mol. The minimum absolute atomic E-state index is 0.103. The van der Waals surface area contributed by atoms with Crippen LogP contribution in [0.1, 0.15) is 16.7 Å². The third-order valence-electron chi connectivity index (χ3n) is 5.45. The Morgan fingerprint density at radius 2 is 1.27 bits per heavy atom. The highest BCUT2D eigenvalue weighted by Crippen LogP contribution is 2.39. The van der Waals surface area contributed by atoms with Crippen LogP contribution in [0.5, 0.6) is 11.5 Å². The summed E-state index contributed by atoms with van der Waals surface area (Å²) in [4.78, 5) is 12.3. The number of carbonyl (C=O) groups excluding carboxylic acids is 1. The number of hydrogen-bond donors (Lipinski definition) is 1. The number of benzene rings is 3. The topological polar surface area (TPSA) is 56.8 Å². The van der Waals surface area contributed by atoms with E-state index in [2.05, 4.69) is 14.8 Å². The Morgan fingerprint density at radius 3 is 1.73 bits per heavy atom. The molecular formula is C26H23F6NO4. The largest absolute Gasteiger partial charge is 0.573 e. The Morgan fingerprint density at radius 1 is 0.757 bits per heavy atom. The second kappa shape index (κ2) is 11.5. The summed E-state index contributed by atoms with van der Waals surface area (Å²) in [7, 11) is 1.31. The van der Waals surface area contributed by atoms with Gasteiger partial charge in [0.1, 0.15) is 18.1 Å². The van der Waals surface area contributed by atoms with Crippen molar-refractivity contribution in [1.82, 2.24) is 5.32 Å². The van der Waals surface area contributed by atoms with Crippen molar-refractivity contribution in [2.24, 2.45) is 0 Å². The van der Waals surface area contributed by atoms with Gasteiger partial charge in [-0.25, -0.2) is 0 Å². The van der Waals surface area contributed by atoms with Gasteiger partial charge in [-0.2, -0.15) is 0 Å². The number of amides is 1. The van der Waals surface area contributed by atoms with Crippen molar-refractivity contribution in [2.45, 2.75) is 24.6 Å². The maximum absolute atomic E-state index is 13.0. The van der Waals surface area contributed by atoms with Gasteiger partial charge in [-0.1, -0.05) is 54.6 Å². The molecular weight excluding hydrogens is 504 g/mol. The van der Waals surface area contributed by atoms with E-state index in [4.69, 9.17) is 4.74 Å². The summed E-state index contributed by atoms with van der Waals surface area (Å²) in [5, 5.41) is 2.69. The van der Waals surface area contributed by atoms with Crippen LogP contribution in [0.2, 0.25) is 0 Å². The Hall–Kier alpha value is -3.73. The second-order valence-corrected chi connectivity index (χ2v) is 8.11. The lowest BCUT2D eigenvalue weighted by atomic mass is 9.70. The summed E-state index contributed by atoms with van der Waals surface area (Å²) >= 11 is 0. The third kappa shape index (κ3) is 8.14. The lowest BCUT2D eigenvalue weighted by Crippen LogP contribution is -2.44. The molecule has 3 rings (SSSR count). The Kier molecular flexibility index (Phi) is 8.69.